The molecule has 0 saturated heterocycles. The number of hydrogen-bond donors (Lipinski definition) is 1. The van der Waals surface area contributed by atoms with Gasteiger partial charge in [-0.25, -0.2) is 4.79 Å². The summed E-state index contributed by atoms with van der Waals surface area (Å²) in [6.07, 6.45) is 0.843. The molecule has 0 unspecified atom stereocenters. The third-order valence-electron chi connectivity index (χ3n) is 4.42. The summed E-state index contributed by atoms with van der Waals surface area (Å²) in [4.78, 5) is 27.8. The average Bonchev–Trinajstić information content (AvgIpc) is 3.03. The minimum Gasteiger partial charge on any atom is -0.464 e. The van der Waals surface area contributed by atoms with Crippen LogP contribution in [0.3, 0.4) is 0 Å². The number of likely N-dealkylation sites (N-methyl/N-ethyl adjacent to an activating group) is 1. The van der Waals surface area contributed by atoms with E-state index in [9.17, 15) is 9.59 Å². The maximum Gasteiger partial charge on any atom is 0.318 e. The van der Waals surface area contributed by atoms with Gasteiger partial charge in [-0.3, -0.25) is 4.79 Å². The van der Waals surface area contributed by atoms with Gasteiger partial charge in [-0.2, -0.15) is 0 Å². The number of rotatable bonds is 4. The molecule has 0 bridgehead atoms. The second-order valence-electron chi connectivity index (χ2n) is 6.36. The predicted octanol–water partition coefficient (Wildman–Crippen LogP) is 2.31. The Labute approximate surface area is 147 Å². The molecule has 1 aliphatic rings. The first-order valence-electron chi connectivity index (χ1n) is 8.42. The van der Waals surface area contributed by atoms with E-state index >= 15 is 0 Å². The number of furan rings is 1. The van der Waals surface area contributed by atoms with Gasteiger partial charge in [-0.05, 0) is 36.6 Å². The molecule has 0 atom stereocenters. The predicted molar refractivity (Wildman–Crippen MR) is 93.9 cm³/mol. The number of nitrogens with zero attached hydrogens (tertiary/aromatic N) is 2. The van der Waals surface area contributed by atoms with Gasteiger partial charge >= 0.3 is 6.03 Å². The second-order valence-corrected chi connectivity index (χ2v) is 6.36. The number of carbonyl (C=O) groups is 2. The zero-order valence-corrected chi connectivity index (χ0v) is 14.6. The van der Waals surface area contributed by atoms with Crippen LogP contribution in [0.4, 0.5) is 4.79 Å². The molecular formula is C19H23N3O3. The summed E-state index contributed by atoms with van der Waals surface area (Å²) >= 11 is 0. The molecule has 0 spiro atoms. The Morgan fingerprint density at radius 1 is 1.20 bits per heavy atom. The van der Waals surface area contributed by atoms with Gasteiger partial charge in [0, 0.05) is 20.1 Å². The van der Waals surface area contributed by atoms with Crippen molar-refractivity contribution in [1.29, 1.82) is 0 Å². The summed E-state index contributed by atoms with van der Waals surface area (Å²) < 4.78 is 5.47. The summed E-state index contributed by atoms with van der Waals surface area (Å²) in [7, 11) is 1.70. The molecule has 132 valence electrons. The number of amides is 3. The third-order valence-corrected chi connectivity index (χ3v) is 4.42. The number of nitrogens with one attached hydrogen (secondary N) is 1. The van der Waals surface area contributed by atoms with E-state index in [4.69, 9.17) is 4.42 Å². The number of aryl methyl sites for hydroxylation is 1. The van der Waals surface area contributed by atoms with Gasteiger partial charge < -0.3 is 19.5 Å². The SMILES string of the molecule is Cc1ccc(CN(C)C(=O)CNC(=O)N2CCc3ccccc3C2)o1. The molecule has 0 aliphatic carbocycles. The fourth-order valence-electron chi connectivity index (χ4n) is 2.96. The molecular weight excluding hydrogens is 318 g/mol. The topological polar surface area (TPSA) is 65.8 Å². The molecule has 25 heavy (non-hydrogen) atoms. The highest BCUT2D eigenvalue weighted by molar-refractivity contribution is 5.84. The molecule has 0 fully saturated rings. The molecule has 3 rings (SSSR count). The second kappa shape index (κ2) is 7.42. The molecule has 0 radical (unpaired) electrons. The van der Waals surface area contributed by atoms with Crippen molar-refractivity contribution >= 4 is 11.9 Å². The van der Waals surface area contributed by atoms with Gasteiger partial charge in [-0.15, -0.1) is 0 Å². The lowest BCUT2D eigenvalue weighted by Gasteiger charge is -2.29. The van der Waals surface area contributed by atoms with E-state index in [1.165, 1.54) is 11.1 Å². The van der Waals surface area contributed by atoms with Crippen LogP contribution < -0.4 is 5.32 Å². The largest absolute Gasteiger partial charge is 0.464 e. The van der Waals surface area contributed by atoms with E-state index in [1.54, 1.807) is 16.8 Å². The zero-order valence-electron chi connectivity index (χ0n) is 14.6. The summed E-state index contributed by atoms with van der Waals surface area (Å²) in [5.74, 6) is 1.39. The lowest BCUT2D eigenvalue weighted by Crippen LogP contribution is -2.46. The fourth-order valence-corrected chi connectivity index (χ4v) is 2.96. The zero-order chi connectivity index (χ0) is 17.8. The molecule has 6 heteroatoms. The van der Waals surface area contributed by atoms with Crippen molar-refractivity contribution in [3.63, 3.8) is 0 Å². The first kappa shape index (κ1) is 17.1. The van der Waals surface area contributed by atoms with Gasteiger partial charge in [-0.1, -0.05) is 24.3 Å². The van der Waals surface area contributed by atoms with Gasteiger partial charge in [0.2, 0.25) is 5.91 Å². The van der Waals surface area contributed by atoms with Crippen LogP contribution in [0.2, 0.25) is 0 Å². The van der Waals surface area contributed by atoms with Crippen LogP contribution in [-0.2, 0) is 24.3 Å². The van der Waals surface area contributed by atoms with Crippen LogP contribution in [0.5, 0.6) is 0 Å². The van der Waals surface area contributed by atoms with E-state index in [2.05, 4.69) is 11.4 Å². The van der Waals surface area contributed by atoms with Gasteiger partial charge in [0.05, 0.1) is 13.1 Å². The smallest absolute Gasteiger partial charge is 0.318 e. The van der Waals surface area contributed by atoms with Crippen molar-refractivity contribution in [2.24, 2.45) is 0 Å². The lowest BCUT2D eigenvalue weighted by atomic mass is 10.0. The minimum absolute atomic E-state index is 0.0207. The Morgan fingerprint density at radius 2 is 1.96 bits per heavy atom. The van der Waals surface area contributed by atoms with Crippen molar-refractivity contribution in [1.82, 2.24) is 15.1 Å². The number of carbonyl (C=O) groups excluding carboxylic acids is 2. The highest BCUT2D eigenvalue weighted by Gasteiger charge is 2.21. The van der Waals surface area contributed by atoms with Crippen LogP contribution in [-0.4, -0.2) is 41.9 Å². The summed E-state index contributed by atoms with van der Waals surface area (Å²) in [5, 5.41) is 2.72. The number of urea groups is 1. The van der Waals surface area contributed by atoms with Gasteiger partial charge in [0.15, 0.2) is 0 Å². The Hall–Kier alpha value is -2.76. The molecule has 1 aromatic carbocycles. The van der Waals surface area contributed by atoms with Gasteiger partial charge in [0.25, 0.3) is 0 Å². The van der Waals surface area contributed by atoms with Crippen LogP contribution in [0, 0.1) is 6.92 Å². The number of benzene rings is 1. The molecule has 1 aromatic heterocycles. The monoisotopic (exact) mass is 341 g/mol. The minimum atomic E-state index is -0.204. The van der Waals surface area contributed by atoms with Crippen molar-refractivity contribution < 1.29 is 14.0 Å². The maximum absolute atomic E-state index is 12.3. The highest BCUT2D eigenvalue weighted by Crippen LogP contribution is 2.18. The van der Waals surface area contributed by atoms with E-state index in [0.29, 0.717) is 19.6 Å². The van der Waals surface area contributed by atoms with Gasteiger partial charge in [0.1, 0.15) is 11.5 Å². The van der Waals surface area contributed by atoms with Crippen molar-refractivity contribution in [2.75, 3.05) is 20.1 Å². The van der Waals surface area contributed by atoms with E-state index < -0.39 is 0 Å². The first-order chi connectivity index (χ1) is 12.0. The molecule has 0 saturated carbocycles. The van der Waals surface area contributed by atoms with Crippen molar-refractivity contribution in [2.45, 2.75) is 26.4 Å². The normalized spacial score (nSPS) is 13.3. The standard InChI is InChI=1S/C19H23N3O3/c1-14-7-8-17(25-14)13-21(2)18(23)11-20-19(24)22-10-9-15-5-3-4-6-16(15)12-22/h3-8H,9-13H2,1-2H3,(H,20,24). The van der Waals surface area contributed by atoms with E-state index in [0.717, 1.165) is 17.9 Å². The average molecular weight is 341 g/mol. The highest BCUT2D eigenvalue weighted by atomic mass is 16.3. The van der Waals surface area contributed by atoms with Crippen molar-refractivity contribution in [3.8, 4) is 0 Å². The molecule has 1 aliphatic heterocycles. The number of fused-ring (bicyclic) bond motifs is 1. The lowest BCUT2D eigenvalue weighted by molar-refractivity contribution is -0.129. The Morgan fingerprint density at radius 3 is 2.68 bits per heavy atom. The summed E-state index contributed by atoms with van der Waals surface area (Å²) in [6, 6.07) is 11.6. The molecule has 2 aromatic rings. The quantitative estimate of drug-likeness (QED) is 0.928. The van der Waals surface area contributed by atoms with E-state index in [-0.39, 0.29) is 18.5 Å². The Bertz CT molecular complexity index is 769. The molecule has 1 N–H and O–H groups in total. The summed E-state index contributed by atoms with van der Waals surface area (Å²) in [6.45, 7) is 3.48. The first-order valence-corrected chi connectivity index (χ1v) is 8.42. The fraction of sp³-hybridized carbons (Fsp3) is 0.368. The summed E-state index contributed by atoms with van der Waals surface area (Å²) in [5.41, 5.74) is 2.46. The maximum atomic E-state index is 12.3. The van der Waals surface area contributed by atoms with Crippen LogP contribution in [0.1, 0.15) is 22.6 Å². The molecule has 6 nitrogen and oxygen atoms in total. The Kier molecular flexibility index (Phi) is 5.07. The van der Waals surface area contributed by atoms with Crippen LogP contribution in [0.15, 0.2) is 40.8 Å². The Balaban J connectivity index is 1.48. The third kappa shape index (κ3) is 4.21. The number of hydrogen-bond acceptors (Lipinski definition) is 3. The van der Waals surface area contributed by atoms with Crippen LogP contribution in [0.25, 0.3) is 0 Å². The van der Waals surface area contributed by atoms with E-state index in [1.807, 2.05) is 37.3 Å². The molecule has 2 heterocycles. The van der Waals surface area contributed by atoms with Crippen molar-refractivity contribution in [3.05, 3.63) is 59.0 Å². The molecule has 3 amide bonds. The van der Waals surface area contributed by atoms with Crippen LogP contribution >= 0.6 is 0 Å².